The molecule has 0 radical (unpaired) electrons. The highest BCUT2D eigenvalue weighted by atomic mass is 19.4. The van der Waals surface area contributed by atoms with Gasteiger partial charge in [-0.2, -0.15) is 13.2 Å². The molecule has 1 aliphatic carbocycles. The van der Waals surface area contributed by atoms with Crippen LogP contribution in [0.25, 0.3) is 0 Å². The topological polar surface area (TPSA) is 22.1 Å². The Hall–Kier alpha value is -1.26. The Morgan fingerprint density at radius 1 is 1.35 bits per heavy atom. The molecule has 1 fully saturated rings. The van der Waals surface area contributed by atoms with E-state index in [4.69, 9.17) is 4.74 Å². The fraction of sp³-hybridized carbons (Fsp3) is 0.583. The number of aryl methyl sites for hydroxylation is 1. The SMILES string of the molecule is Cc1ccc(OCCC2(C(F)(F)F)CC2)cn1. The molecule has 1 aromatic rings. The number of aromatic nitrogens is 1. The van der Waals surface area contributed by atoms with Gasteiger partial charge in [-0.05, 0) is 38.3 Å². The van der Waals surface area contributed by atoms with Gasteiger partial charge in [0, 0.05) is 5.69 Å². The number of pyridine rings is 1. The van der Waals surface area contributed by atoms with Crippen LogP contribution < -0.4 is 4.74 Å². The summed E-state index contributed by atoms with van der Waals surface area (Å²) in [6.45, 7) is 1.93. The molecular weight excluding hydrogens is 231 g/mol. The molecule has 17 heavy (non-hydrogen) atoms. The van der Waals surface area contributed by atoms with Gasteiger partial charge in [0.15, 0.2) is 0 Å². The zero-order chi connectivity index (χ0) is 12.5. The third kappa shape index (κ3) is 2.70. The van der Waals surface area contributed by atoms with Gasteiger partial charge in [-0.25, -0.2) is 0 Å². The Balaban J connectivity index is 1.82. The third-order valence-corrected chi connectivity index (χ3v) is 3.19. The second-order valence-corrected chi connectivity index (χ2v) is 4.51. The number of hydrogen-bond donors (Lipinski definition) is 0. The second-order valence-electron chi connectivity index (χ2n) is 4.51. The average Bonchev–Trinajstić information content (AvgIpc) is 3.01. The highest BCUT2D eigenvalue weighted by Crippen LogP contribution is 2.59. The lowest BCUT2D eigenvalue weighted by Crippen LogP contribution is -2.26. The van der Waals surface area contributed by atoms with Gasteiger partial charge in [-0.15, -0.1) is 0 Å². The van der Waals surface area contributed by atoms with Gasteiger partial charge in [0.05, 0.1) is 18.2 Å². The summed E-state index contributed by atoms with van der Waals surface area (Å²) in [5, 5.41) is 0. The number of rotatable bonds is 4. The summed E-state index contributed by atoms with van der Waals surface area (Å²) in [7, 11) is 0. The van der Waals surface area contributed by atoms with Crippen molar-refractivity contribution in [1.29, 1.82) is 0 Å². The Morgan fingerprint density at radius 2 is 2.06 bits per heavy atom. The van der Waals surface area contributed by atoms with Crippen molar-refractivity contribution in [2.24, 2.45) is 5.41 Å². The summed E-state index contributed by atoms with van der Waals surface area (Å²) in [6.07, 6.45) is -2.08. The van der Waals surface area contributed by atoms with Gasteiger partial charge in [-0.1, -0.05) is 0 Å². The summed E-state index contributed by atoms with van der Waals surface area (Å²) in [5.74, 6) is 0.522. The van der Waals surface area contributed by atoms with Crippen molar-refractivity contribution in [3.63, 3.8) is 0 Å². The van der Waals surface area contributed by atoms with Crippen molar-refractivity contribution < 1.29 is 17.9 Å². The van der Waals surface area contributed by atoms with Crippen molar-refractivity contribution >= 4 is 0 Å². The highest BCUT2D eigenvalue weighted by molar-refractivity contribution is 5.19. The lowest BCUT2D eigenvalue weighted by molar-refractivity contribution is -0.190. The van der Waals surface area contributed by atoms with Crippen LogP contribution in [0.5, 0.6) is 5.75 Å². The summed E-state index contributed by atoms with van der Waals surface area (Å²) >= 11 is 0. The van der Waals surface area contributed by atoms with Crippen LogP contribution >= 0.6 is 0 Å². The summed E-state index contributed by atoms with van der Waals surface area (Å²) < 4.78 is 43.1. The minimum atomic E-state index is -4.10. The minimum Gasteiger partial charge on any atom is -0.492 e. The van der Waals surface area contributed by atoms with E-state index in [2.05, 4.69) is 4.98 Å². The maximum absolute atomic E-state index is 12.6. The van der Waals surface area contributed by atoms with E-state index in [0.717, 1.165) is 5.69 Å². The van der Waals surface area contributed by atoms with Crippen LogP contribution in [-0.2, 0) is 0 Å². The molecule has 2 rings (SSSR count). The van der Waals surface area contributed by atoms with Gasteiger partial charge in [0.1, 0.15) is 5.75 Å². The zero-order valence-corrected chi connectivity index (χ0v) is 9.55. The van der Waals surface area contributed by atoms with E-state index in [9.17, 15) is 13.2 Å². The second kappa shape index (κ2) is 4.20. The van der Waals surface area contributed by atoms with Crippen LogP contribution in [0, 0.1) is 12.3 Å². The molecule has 0 amide bonds. The number of nitrogens with zero attached hydrogens (tertiary/aromatic N) is 1. The summed E-state index contributed by atoms with van der Waals surface area (Å²) in [5.41, 5.74) is -0.628. The van der Waals surface area contributed by atoms with Crippen LogP contribution in [-0.4, -0.2) is 17.8 Å². The molecule has 94 valence electrons. The van der Waals surface area contributed by atoms with Crippen LogP contribution in [0.2, 0.25) is 0 Å². The molecule has 1 saturated carbocycles. The number of halogens is 3. The van der Waals surface area contributed by atoms with Gasteiger partial charge < -0.3 is 4.74 Å². The summed E-state index contributed by atoms with van der Waals surface area (Å²) in [6, 6.07) is 3.49. The average molecular weight is 245 g/mol. The van der Waals surface area contributed by atoms with Gasteiger partial charge >= 0.3 is 6.18 Å². The van der Waals surface area contributed by atoms with Crippen molar-refractivity contribution in [2.45, 2.75) is 32.4 Å². The maximum atomic E-state index is 12.6. The van der Waals surface area contributed by atoms with Crippen LogP contribution in [0.15, 0.2) is 18.3 Å². The van der Waals surface area contributed by atoms with Crippen molar-refractivity contribution in [3.05, 3.63) is 24.0 Å². The van der Waals surface area contributed by atoms with Crippen molar-refractivity contribution in [3.8, 4) is 5.75 Å². The number of ether oxygens (including phenoxy) is 1. The standard InChI is InChI=1S/C12H14F3NO/c1-9-2-3-10(8-16-9)17-7-6-11(4-5-11)12(13,14)15/h2-3,8H,4-7H2,1H3. The normalized spacial score (nSPS) is 17.9. The molecule has 0 bridgehead atoms. The molecular formula is C12H14F3NO. The van der Waals surface area contributed by atoms with E-state index in [1.54, 1.807) is 12.1 Å². The number of alkyl halides is 3. The van der Waals surface area contributed by atoms with Crippen LogP contribution in [0.4, 0.5) is 13.2 Å². The smallest absolute Gasteiger partial charge is 0.394 e. The number of hydrogen-bond acceptors (Lipinski definition) is 2. The molecule has 0 unspecified atom stereocenters. The van der Waals surface area contributed by atoms with Crippen LogP contribution in [0.1, 0.15) is 25.0 Å². The first-order chi connectivity index (χ1) is 7.93. The van der Waals surface area contributed by atoms with E-state index in [0.29, 0.717) is 5.75 Å². The summed E-state index contributed by atoms with van der Waals surface area (Å²) in [4.78, 5) is 4.01. The van der Waals surface area contributed by atoms with Crippen molar-refractivity contribution in [2.75, 3.05) is 6.61 Å². The van der Waals surface area contributed by atoms with E-state index >= 15 is 0 Å². The van der Waals surface area contributed by atoms with Gasteiger partial charge in [-0.3, -0.25) is 4.98 Å². The lowest BCUT2D eigenvalue weighted by Gasteiger charge is -2.18. The Labute approximate surface area is 97.8 Å². The molecule has 1 aromatic heterocycles. The Morgan fingerprint density at radius 3 is 2.53 bits per heavy atom. The molecule has 0 atom stereocenters. The van der Waals surface area contributed by atoms with Crippen LogP contribution in [0.3, 0.4) is 0 Å². The Bertz CT molecular complexity index is 382. The predicted molar refractivity (Wildman–Crippen MR) is 56.8 cm³/mol. The zero-order valence-electron chi connectivity index (χ0n) is 9.55. The highest BCUT2D eigenvalue weighted by Gasteiger charge is 2.62. The molecule has 0 spiro atoms. The van der Waals surface area contributed by atoms with Gasteiger partial charge in [0.25, 0.3) is 0 Å². The first kappa shape index (κ1) is 12.2. The van der Waals surface area contributed by atoms with E-state index < -0.39 is 11.6 Å². The lowest BCUT2D eigenvalue weighted by atomic mass is 10.0. The molecule has 0 N–H and O–H groups in total. The van der Waals surface area contributed by atoms with E-state index in [-0.39, 0.29) is 25.9 Å². The molecule has 5 heteroatoms. The fourth-order valence-corrected chi connectivity index (χ4v) is 1.73. The molecule has 1 aliphatic rings. The first-order valence-corrected chi connectivity index (χ1v) is 5.55. The molecule has 1 heterocycles. The monoisotopic (exact) mass is 245 g/mol. The third-order valence-electron chi connectivity index (χ3n) is 3.19. The Kier molecular flexibility index (Phi) is 3.02. The van der Waals surface area contributed by atoms with Gasteiger partial charge in [0.2, 0.25) is 0 Å². The largest absolute Gasteiger partial charge is 0.492 e. The maximum Gasteiger partial charge on any atom is 0.394 e. The fourth-order valence-electron chi connectivity index (χ4n) is 1.73. The molecule has 0 aromatic carbocycles. The molecule has 2 nitrogen and oxygen atoms in total. The predicted octanol–water partition coefficient (Wildman–Crippen LogP) is 3.50. The molecule has 0 saturated heterocycles. The first-order valence-electron chi connectivity index (χ1n) is 5.55. The quantitative estimate of drug-likeness (QED) is 0.809. The van der Waals surface area contributed by atoms with Crippen molar-refractivity contribution in [1.82, 2.24) is 4.98 Å². The molecule has 0 aliphatic heterocycles. The minimum absolute atomic E-state index is 0.0321. The van der Waals surface area contributed by atoms with E-state index in [1.165, 1.54) is 6.20 Å². The van der Waals surface area contributed by atoms with E-state index in [1.807, 2.05) is 6.92 Å².